The Morgan fingerprint density at radius 3 is 2.11 bits per heavy atom. The lowest BCUT2D eigenvalue weighted by Crippen LogP contribution is -2.51. The van der Waals surface area contributed by atoms with Gasteiger partial charge in [0.25, 0.3) is 0 Å². The minimum Gasteiger partial charge on any atom is -0.480 e. The fraction of sp³-hybridized carbons (Fsp3) is 0.533. The van der Waals surface area contributed by atoms with Gasteiger partial charge in [-0.1, -0.05) is 43.7 Å². The zero-order chi connectivity index (χ0) is 13.9. The highest BCUT2D eigenvalue weighted by molar-refractivity contribution is 5.80. The highest BCUT2D eigenvalue weighted by atomic mass is 16.4. The summed E-state index contributed by atoms with van der Waals surface area (Å²) in [6, 6.07) is 7.77. The standard InChI is InChI=1S/C15H23NO2/c1-10(2)12(4)16-15(5,14(17)18)13-8-6-11(3)7-9-13/h6-10,12,16H,1-5H3,(H,17,18). The first kappa shape index (κ1) is 14.7. The molecule has 0 aliphatic rings. The summed E-state index contributed by atoms with van der Waals surface area (Å²) in [5, 5.41) is 12.8. The molecule has 0 aliphatic carbocycles. The molecule has 18 heavy (non-hydrogen) atoms. The second-order valence-corrected chi connectivity index (χ2v) is 5.47. The third-order valence-corrected chi connectivity index (χ3v) is 3.57. The maximum Gasteiger partial charge on any atom is 0.328 e. The number of hydrogen-bond acceptors (Lipinski definition) is 2. The van der Waals surface area contributed by atoms with Crippen LogP contribution < -0.4 is 5.32 Å². The van der Waals surface area contributed by atoms with Crippen molar-refractivity contribution in [1.82, 2.24) is 5.32 Å². The predicted molar refractivity (Wildman–Crippen MR) is 73.6 cm³/mol. The SMILES string of the molecule is Cc1ccc(C(C)(NC(C)C(C)C)C(=O)O)cc1. The van der Waals surface area contributed by atoms with Gasteiger partial charge < -0.3 is 5.11 Å². The highest BCUT2D eigenvalue weighted by Gasteiger charge is 2.36. The van der Waals surface area contributed by atoms with Crippen molar-refractivity contribution in [2.75, 3.05) is 0 Å². The minimum atomic E-state index is -1.04. The van der Waals surface area contributed by atoms with Crippen LogP contribution in [0.5, 0.6) is 0 Å². The molecule has 2 unspecified atom stereocenters. The van der Waals surface area contributed by atoms with E-state index in [9.17, 15) is 9.90 Å². The van der Waals surface area contributed by atoms with Crippen LogP contribution in [-0.4, -0.2) is 17.1 Å². The summed E-state index contributed by atoms with van der Waals surface area (Å²) in [4.78, 5) is 11.6. The van der Waals surface area contributed by atoms with Crippen LogP contribution >= 0.6 is 0 Å². The molecule has 1 aromatic carbocycles. The van der Waals surface area contributed by atoms with E-state index < -0.39 is 11.5 Å². The predicted octanol–water partition coefficient (Wildman–Crippen LogP) is 2.93. The normalized spacial score (nSPS) is 16.3. The topological polar surface area (TPSA) is 49.3 Å². The molecule has 0 aromatic heterocycles. The number of aliphatic carboxylic acids is 1. The third kappa shape index (κ3) is 3.10. The lowest BCUT2D eigenvalue weighted by atomic mass is 9.89. The molecule has 0 heterocycles. The Balaban J connectivity index is 3.07. The van der Waals surface area contributed by atoms with Crippen molar-refractivity contribution in [3.63, 3.8) is 0 Å². The van der Waals surface area contributed by atoms with Gasteiger partial charge in [0.2, 0.25) is 0 Å². The molecule has 2 N–H and O–H groups in total. The van der Waals surface area contributed by atoms with Gasteiger partial charge in [0, 0.05) is 6.04 Å². The Hall–Kier alpha value is -1.35. The molecule has 0 radical (unpaired) electrons. The quantitative estimate of drug-likeness (QED) is 0.843. The van der Waals surface area contributed by atoms with Crippen LogP contribution in [0.2, 0.25) is 0 Å². The van der Waals surface area contributed by atoms with Crippen molar-refractivity contribution < 1.29 is 9.90 Å². The van der Waals surface area contributed by atoms with Gasteiger partial charge in [0.05, 0.1) is 0 Å². The number of rotatable bonds is 5. The number of aryl methyl sites for hydroxylation is 1. The van der Waals surface area contributed by atoms with Gasteiger partial charge in [-0.2, -0.15) is 0 Å². The van der Waals surface area contributed by atoms with Crippen LogP contribution in [0.1, 0.15) is 38.8 Å². The second kappa shape index (κ2) is 5.53. The van der Waals surface area contributed by atoms with Gasteiger partial charge in [-0.3, -0.25) is 5.32 Å². The molecular weight excluding hydrogens is 226 g/mol. The summed E-state index contributed by atoms with van der Waals surface area (Å²) in [7, 11) is 0. The number of carbonyl (C=O) groups is 1. The first-order valence-electron chi connectivity index (χ1n) is 6.35. The van der Waals surface area contributed by atoms with Crippen molar-refractivity contribution in [2.24, 2.45) is 5.92 Å². The molecule has 1 rings (SSSR count). The van der Waals surface area contributed by atoms with Crippen molar-refractivity contribution in [3.8, 4) is 0 Å². The zero-order valence-corrected chi connectivity index (χ0v) is 11.8. The number of hydrogen-bond donors (Lipinski definition) is 2. The maximum absolute atomic E-state index is 11.6. The maximum atomic E-state index is 11.6. The summed E-state index contributed by atoms with van der Waals surface area (Å²) in [6.07, 6.45) is 0. The molecule has 100 valence electrons. The Bertz CT molecular complexity index is 411. The van der Waals surface area contributed by atoms with Crippen LogP contribution in [0.25, 0.3) is 0 Å². The van der Waals surface area contributed by atoms with Crippen LogP contribution in [0.4, 0.5) is 0 Å². The average Bonchev–Trinajstić information content (AvgIpc) is 2.29. The lowest BCUT2D eigenvalue weighted by Gasteiger charge is -2.32. The second-order valence-electron chi connectivity index (χ2n) is 5.47. The third-order valence-electron chi connectivity index (χ3n) is 3.57. The molecule has 3 heteroatoms. The lowest BCUT2D eigenvalue weighted by molar-refractivity contribution is -0.145. The van der Waals surface area contributed by atoms with E-state index in [4.69, 9.17) is 0 Å². The highest BCUT2D eigenvalue weighted by Crippen LogP contribution is 2.23. The van der Waals surface area contributed by atoms with E-state index in [0.29, 0.717) is 5.92 Å². The monoisotopic (exact) mass is 249 g/mol. The van der Waals surface area contributed by atoms with Gasteiger partial charge in [0.1, 0.15) is 5.54 Å². The summed E-state index contributed by atoms with van der Waals surface area (Å²) in [5.74, 6) is -0.465. The molecule has 0 saturated carbocycles. The minimum absolute atomic E-state index is 0.132. The molecule has 2 atom stereocenters. The van der Waals surface area contributed by atoms with Gasteiger partial charge in [-0.05, 0) is 32.3 Å². The Labute approximate surface area is 109 Å². The summed E-state index contributed by atoms with van der Waals surface area (Å²) in [5.41, 5.74) is 0.869. The van der Waals surface area contributed by atoms with Gasteiger partial charge >= 0.3 is 5.97 Å². The Morgan fingerprint density at radius 2 is 1.72 bits per heavy atom. The fourth-order valence-corrected chi connectivity index (χ4v) is 1.78. The van der Waals surface area contributed by atoms with Crippen LogP contribution in [-0.2, 0) is 10.3 Å². The van der Waals surface area contributed by atoms with E-state index in [-0.39, 0.29) is 6.04 Å². The Morgan fingerprint density at radius 1 is 1.22 bits per heavy atom. The molecule has 0 fully saturated rings. The van der Waals surface area contributed by atoms with Crippen molar-refractivity contribution >= 4 is 5.97 Å². The molecule has 0 saturated heterocycles. The van der Waals surface area contributed by atoms with Gasteiger partial charge in [0.15, 0.2) is 0 Å². The van der Waals surface area contributed by atoms with Gasteiger partial charge in [-0.15, -0.1) is 0 Å². The molecule has 1 aromatic rings. The smallest absolute Gasteiger partial charge is 0.328 e. The van der Waals surface area contributed by atoms with E-state index in [1.165, 1.54) is 0 Å². The Kier molecular flexibility index (Phi) is 4.52. The van der Waals surface area contributed by atoms with Crippen LogP contribution in [0.3, 0.4) is 0 Å². The van der Waals surface area contributed by atoms with Gasteiger partial charge in [-0.25, -0.2) is 4.79 Å². The summed E-state index contributed by atoms with van der Waals surface area (Å²) < 4.78 is 0. The van der Waals surface area contributed by atoms with Crippen molar-refractivity contribution in [1.29, 1.82) is 0 Å². The molecular formula is C15H23NO2. The first-order valence-corrected chi connectivity index (χ1v) is 6.35. The van der Waals surface area contributed by atoms with Crippen LogP contribution in [0, 0.1) is 12.8 Å². The number of carboxylic acids is 1. The molecule has 0 spiro atoms. The molecule has 0 bridgehead atoms. The van der Waals surface area contributed by atoms with E-state index in [2.05, 4.69) is 19.2 Å². The molecule has 3 nitrogen and oxygen atoms in total. The summed E-state index contributed by atoms with van der Waals surface area (Å²) in [6.45, 7) is 9.88. The first-order chi connectivity index (χ1) is 8.27. The van der Waals surface area contributed by atoms with Crippen LogP contribution in [0.15, 0.2) is 24.3 Å². The number of benzene rings is 1. The van der Waals surface area contributed by atoms with E-state index in [1.807, 2.05) is 38.1 Å². The molecule has 0 aliphatic heterocycles. The van der Waals surface area contributed by atoms with Crippen molar-refractivity contribution in [3.05, 3.63) is 35.4 Å². The summed E-state index contributed by atoms with van der Waals surface area (Å²) >= 11 is 0. The van der Waals surface area contributed by atoms with E-state index >= 15 is 0 Å². The van der Waals surface area contributed by atoms with E-state index in [0.717, 1.165) is 11.1 Å². The number of carboxylic acid groups (broad SMARTS) is 1. The van der Waals surface area contributed by atoms with Crippen molar-refractivity contribution in [2.45, 2.75) is 46.2 Å². The number of nitrogens with one attached hydrogen (secondary N) is 1. The average molecular weight is 249 g/mol. The zero-order valence-electron chi connectivity index (χ0n) is 11.8. The fourth-order valence-electron chi connectivity index (χ4n) is 1.78. The largest absolute Gasteiger partial charge is 0.480 e. The molecule has 0 amide bonds. The van der Waals surface area contributed by atoms with E-state index in [1.54, 1.807) is 6.92 Å².